The molecule has 4 nitrogen and oxygen atoms in total. The highest BCUT2D eigenvalue weighted by molar-refractivity contribution is 6.31. The van der Waals surface area contributed by atoms with Crippen LogP contribution >= 0.6 is 11.6 Å². The fourth-order valence-electron chi connectivity index (χ4n) is 2.80. The molecule has 1 unspecified atom stereocenters. The molecule has 0 bridgehead atoms. The third-order valence-electron chi connectivity index (χ3n) is 4.00. The van der Waals surface area contributed by atoms with Crippen molar-refractivity contribution in [2.24, 2.45) is 5.92 Å². The van der Waals surface area contributed by atoms with Crippen LogP contribution in [-0.2, 0) is 6.54 Å². The standard InChI is InChI=1S/C17H21ClN4/c1-13-5-4-10-22(12-13)17-19-9-8-16(21-17)20-11-14-6-2-3-7-15(14)18/h2-3,6-9,13H,4-5,10-12H2,1H3,(H,19,20,21). The van der Waals surface area contributed by atoms with Crippen molar-refractivity contribution in [1.29, 1.82) is 0 Å². The predicted octanol–water partition coefficient (Wildman–Crippen LogP) is 3.98. The van der Waals surface area contributed by atoms with Crippen molar-refractivity contribution in [2.45, 2.75) is 26.3 Å². The zero-order valence-electron chi connectivity index (χ0n) is 12.8. The zero-order valence-corrected chi connectivity index (χ0v) is 13.6. The van der Waals surface area contributed by atoms with Crippen LogP contribution in [0, 0.1) is 5.92 Å². The Balaban J connectivity index is 1.67. The first-order valence-electron chi connectivity index (χ1n) is 7.77. The summed E-state index contributed by atoms with van der Waals surface area (Å²) in [6.45, 7) is 5.02. The molecule has 0 amide bonds. The zero-order chi connectivity index (χ0) is 15.4. The number of hydrogen-bond acceptors (Lipinski definition) is 4. The summed E-state index contributed by atoms with van der Waals surface area (Å²) < 4.78 is 0. The summed E-state index contributed by atoms with van der Waals surface area (Å²) in [4.78, 5) is 11.3. The van der Waals surface area contributed by atoms with Crippen molar-refractivity contribution in [3.63, 3.8) is 0 Å². The van der Waals surface area contributed by atoms with Gasteiger partial charge in [0.05, 0.1) is 0 Å². The van der Waals surface area contributed by atoms with Crippen LogP contribution in [0.4, 0.5) is 11.8 Å². The maximum atomic E-state index is 6.18. The fraction of sp³-hybridized carbons (Fsp3) is 0.412. The van der Waals surface area contributed by atoms with E-state index in [0.717, 1.165) is 35.4 Å². The Morgan fingerprint density at radius 3 is 3.00 bits per heavy atom. The topological polar surface area (TPSA) is 41.1 Å². The van der Waals surface area contributed by atoms with E-state index in [1.165, 1.54) is 12.8 Å². The number of anilines is 2. The molecule has 2 aromatic rings. The van der Waals surface area contributed by atoms with Crippen LogP contribution in [-0.4, -0.2) is 23.1 Å². The third-order valence-corrected chi connectivity index (χ3v) is 4.37. The fourth-order valence-corrected chi connectivity index (χ4v) is 3.00. The van der Waals surface area contributed by atoms with Crippen molar-refractivity contribution in [2.75, 3.05) is 23.3 Å². The SMILES string of the molecule is CC1CCCN(c2nccc(NCc3ccccc3Cl)n2)C1. The van der Waals surface area contributed by atoms with E-state index in [9.17, 15) is 0 Å². The minimum absolute atomic E-state index is 0.659. The van der Waals surface area contributed by atoms with Crippen LogP contribution in [0.15, 0.2) is 36.5 Å². The largest absolute Gasteiger partial charge is 0.366 e. The van der Waals surface area contributed by atoms with Crippen LogP contribution in [0.5, 0.6) is 0 Å². The van der Waals surface area contributed by atoms with Gasteiger partial charge >= 0.3 is 0 Å². The van der Waals surface area contributed by atoms with Gasteiger partial charge in [-0.25, -0.2) is 4.98 Å². The third kappa shape index (κ3) is 3.69. The Hall–Kier alpha value is -1.81. The first kappa shape index (κ1) is 15.1. The van der Waals surface area contributed by atoms with Crippen molar-refractivity contribution in [3.8, 4) is 0 Å². The number of piperidine rings is 1. The summed E-state index contributed by atoms with van der Waals surface area (Å²) in [5.74, 6) is 2.36. The summed E-state index contributed by atoms with van der Waals surface area (Å²) in [5, 5.41) is 4.10. The molecule has 1 saturated heterocycles. The molecule has 0 radical (unpaired) electrons. The molecule has 1 aliphatic rings. The van der Waals surface area contributed by atoms with Crippen LogP contribution in [0.3, 0.4) is 0 Å². The van der Waals surface area contributed by atoms with Crippen molar-refractivity contribution < 1.29 is 0 Å². The molecule has 1 N–H and O–H groups in total. The minimum Gasteiger partial charge on any atom is -0.366 e. The van der Waals surface area contributed by atoms with Crippen LogP contribution in [0.25, 0.3) is 0 Å². The van der Waals surface area contributed by atoms with Gasteiger partial charge < -0.3 is 10.2 Å². The summed E-state index contributed by atoms with van der Waals surface area (Å²) in [6.07, 6.45) is 4.32. The van der Waals surface area contributed by atoms with E-state index in [4.69, 9.17) is 11.6 Å². The molecule has 1 aromatic heterocycles. The summed E-state index contributed by atoms with van der Waals surface area (Å²) in [6, 6.07) is 9.74. The highest BCUT2D eigenvalue weighted by Crippen LogP contribution is 2.21. The smallest absolute Gasteiger partial charge is 0.227 e. The summed E-state index contributed by atoms with van der Waals surface area (Å²) >= 11 is 6.18. The maximum Gasteiger partial charge on any atom is 0.227 e. The molecule has 116 valence electrons. The number of halogens is 1. The van der Waals surface area contributed by atoms with Gasteiger partial charge in [-0.15, -0.1) is 0 Å². The molecule has 3 rings (SSSR count). The molecule has 22 heavy (non-hydrogen) atoms. The summed E-state index contributed by atoms with van der Waals surface area (Å²) in [5.41, 5.74) is 1.07. The van der Waals surface area contributed by atoms with Gasteiger partial charge in [-0.05, 0) is 36.5 Å². The van der Waals surface area contributed by atoms with Gasteiger partial charge in [0.1, 0.15) is 5.82 Å². The Morgan fingerprint density at radius 1 is 1.32 bits per heavy atom. The van der Waals surface area contributed by atoms with Crippen molar-refractivity contribution in [3.05, 3.63) is 47.1 Å². The molecule has 1 aromatic carbocycles. The van der Waals surface area contributed by atoms with E-state index in [-0.39, 0.29) is 0 Å². The molecule has 0 aliphatic carbocycles. The first-order chi connectivity index (χ1) is 10.7. The average molecular weight is 317 g/mol. The van der Waals surface area contributed by atoms with Crippen LogP contribution < -0.4 is 10.2 Å². The molecular weight excluding hydrogens is 296 g/mol. The molecule has 5 heteroatoms. The van der Waals surface area contributed by atoms with Gasteiger partial charge in [0, 0.05) is 30.9 Å². The predicted molar refractivity (Wildman–Crippen MR) is 91.4 cm³/mol. The van der Waals surface area contributed by atoms with E-state index < -0.39 is 0 Å². The van der Waals surface area contributed by atoms with Gasteiger partial charge in [-0.3, -0.25) is 0 Å². The Morgan fingerprint density at radius 2 is 2.18 bits per heavy atom. The molecule has 1 fully saturated rings. The molecule has 2 heterocycles. The van der Waals surface area contributed by atoms with E-state index in [2.05, 4.69) is 27.1 Å². The molecule has 1 atom stereocenters. The van der Waals surface area contributed by atoms with E-state index in [1.54, 1.807) is 0 Å². The van der Waals surface area contributed by atoms with E-state index in [0.29, 0.717) is 12.5 Å². The highest BCUT2D eigenvalue weighted by atomic mass is 35.5. The maximum absolute atomic E-state index is 6.18. The Bertz CT molecular complexity index is 632. The quantitative estimate of drug-likeness (QED) is 0.926. The number of rotatable bonds is 4. The van der Waals surface area contributed by atoms with Gasteiger partial charge in [-0.1, -0.05) is 36.7 Å². The molecule has 0 spiro atoms. The van der Waals surface area contributed by atoms with Gasteiger partial charge in [0.25, 0.3) is 0 Å². The second-order valence-electron chi connectivity index (χ2n) is 5.88. The van der Waals surface area contributed by atoms with Crippen molar-refractivity contribution in [1.82, 2.24) is 9.97 Å². The Kier molecular flexibility index (Phi) is 4.78. The number of nitrogens with zero attached hydrogens (tertiary/aromatic N) is 3. The second-order valence-corrected chi connectivity index (χ2v) is 6.29. The van der Waals surface area contributed by atoms with Gasteiger partial charge in [-0.2, -0.15) is 4.98 Å². The lowest BCUT2D eigenvalue weighted by atomic mass is 10.0. The minimum atomic E-state index is 0.659. The first-order valence-corrected chi connectivity index (χ1v) is 8.15. The van der Waals surface area contributed by atoms with Crippen molar-refractivity contribution >= 4 is 23.4 Å². The van der Waals surface area contributed by atoms with Gasteiger partial charge in [0.15, 0.2) is 0 Å². The molecule has 1 aliphatic heterocycles. The lowest BCUT2D eigenvalue weighted by Crippen LogP contribution is -2.35. The van der Waals surface area contributed by atoms with Crippen LogP contribution in [0.1, 0.15) is 25.3 Å². The van der Waals surface area contributed by atoms with Gasteiger partial charge in [0.2, 0.25) is 5.95 Å². The second kappa shape index (κ2) is 6.97. The monoisotopic (exact) mass is 316 g/mol. The summed E-state index contributed by atoms with van der Waals surface area (Å²) in [7, 11) is 0. The average Bonchev–Trinajstić information content (AvgIpc) is 2.54. The number of nitrogens with one attached hydrogen (secondary N) is 1. The lowest BCUT2D eigenvalue weighted by molar-refractivity contribution is 0.442. The van der Waals surface area contributed by atoms with Crippen LogP contribution in [0.2, 0.25) is 5.02 Å². The van der Waals surface area contributed by atoms with E-state index in [1.807, 2.05) is 36.5 Å². The number of benzene rings is 1. The molecular formula is C17H21ClN4. The lowest BCUT2D eigenvalue weighted by Gasteiger charge is -2.30. The highest BCUT2D eigenvalue weighted by Gasteiger charge is 2.18. The van der Waals surface area contributed by atoms with E-state index >= 15 is 0 Å². The Labute approximate surface area is 136 Å². The normalized spacial score (nSPS) is 18.3. The molecule has 0 saturated carbocycles. The number of aromatic nitrogens is 2. The number of hydrogen-bond donors (Lipinski definition) is 1.